The Hall–Kier alpha value is -1.31. The first-order chi connectivity index (χ1) is 7.72. The zero-order valence-electron chi connectivity index (χ0n) is 8.45. The van der Waals surface area contributed by atoms with Crippen LogP contribution in [0.15, 0.2) is 47.5 Å². The smallest absolute Gasteiger partial charge is 0.0637 e. The van der Waals surface area contributed by atoms with Crippen molar-refractivity contribution >= 4 is 35.6 Å². The highest BCUT2D eigenvalue weighted by atomic mass is 35.5. The molecule has 0 atom stereocenters. The number of halogens is 2. The predicted molar refractivity (Wildman–Crippen MR) is 71.1 cm³/mol. The lowest BCUT2D eigenvalue weighted by Crippen LogP contribution is -1.80. The van der Waals surface area contributed by atoms with Gasteiger partial charge in [-0.2, -0.15) is 0 Å². The molecule has 3 heteroatoms. The van der Waals surface area contributed by atoms with E-state index in [1.807, 2.05) is 36.4 Å². The van der Waals surface area contributed by atoms with Crippen molar-refractivity contribution in [2.24, 2.45) is 4.99 Å². The van der Waals surface area contributed by atoms with E-state index in [1.54, 1.807) is 6.07 Å². The third-order valence-corrected chi connectivity index (χ3v) is 2.94. The van der Waals surface area contributed by atoms with E-state index in [0.717, 1.165) is 16.8 Å². The molecule has 0 aliphatic rings. The van der Waals surface area contributed by atoms with Crippen LogP contribution in [0.25, 0.3) is 11.1 Å². The van der Waals surface area contributed by atoms with E-state index < -0.39 is 0 Å². The van der Waals surface area contributed by atoms with Crippen LogP contribution >= 0.6 is 23.2 Å². The molecule has 0 unspecified atom stereocenters. The maximum atomic E-state index is 6.17. The van der Waals surface area contributed by atoms with Gasteiger partial charge >= 0.3 is 0 Å². The second kappa shape index (κ2) is 4.69. The van der Waals surface area contributed by atoms with Gasteiger partial charge in [0.1, 0.15) is 0 Å². The average molecular weight is 250 g/mol. The maximum absolute atomic E-state index is 6.17. The summed E-state index contributed by atoms with van der Waals surface area (Å²) < 4.78 is 0. The van der Waals surface area contributed by atoms with Gasteiger partial charge in [-0.3, -0.25) is 4.99 Å². The maximum Gasteiger partial charge on any atom is 0.0637 e. The zero-order valence-corrected chi connectivity index (χ0v) is 9.96. The molecule has 0 aliphatic heterocycles. The van der Waals surface area contributed by atoms with Gasteiger partial charge in [-0.25, -0.2) is 0 Å². The normalized spacial score (nSPS) is 10.1. The van der Waals surface area contributed by atoms with Gasteiger partial charge in [0.15, 0.2) is 0 Å². The summed E-state index contributed by atoms with van der Waals surface area (Å²) >= 11 is 12.3. The number of aliphatic imine (C=N–C) groups is 1. The van der Waals surface area contributed by atoms with Gasteiger partial charge in [0.05, 0.1) is 10.7 Å². The molecule has 0 N–H and O–H groups in total. The molecule has 0 saturated heterocycles. The third kappa shape index (κ3) is 2.11. The van der Waals surface area contributed by atoms with E-state index in [1.165, 1.54) is 0 Å². The van der Waals surface area contributed by atoms with Gasteiger partial charge in [-0.15, -0.1) is 0 Å². The molecule has 0 heterocycles. The molecule has 80 valence electrons. The van der Waals surface area contributed by atoms with Crippen LogP contribution in [0.1, 0.15) is 0 Å². The van der Waals surface area contributed by atoms with E-state index in [4.69, 9.17) is 23.2 Å². The van der Waals surface area contributed by atoms with Crippen molar-refractivity contribution in [3.63, 3.8) is 0 Å². The molecule has 0 aromatic heterocycles. The second-order valence-corrected chi connectivity index (χ2v) is 4.12. The standard InChI is InChI=1S/C13H9Cl2N/c1-16-9-6-7-11(13(15)8-9)10-4-2-3-5-12(10)14/h2-8H,1H2. The van der Waals surface area contributed by atoms with Gasteiger partial charge in [-0.05, 0) is 24.9 Å². The molecular weight excluding hydrogens is 241 g/mol. The summed E-state index contributed by atoms with van der Waals surface area (Å²) in [7, 11) is 0. The van der Waals surface area contributed by atoms with E-state index in [9.17, 15) is 0 Å². The van der Waals surface area contributed by atoms with Crippen molar-refractivity contribution in [1.29, 1.82) is 0 Å². The Morgan fingerprint density at radius 3 is 2.19 bits per heavy atom. The zero-order chi connectivity index (χ0) is 11.5. The van der Waals surface area contributed by atoms with Gasteiger partial charge in [-0.1, -0.05) is 47.5 Å². The number of benzene rings is 2. The molecule has 0 spiro atoms. The lowest BCUT2D eigenvalue weighted by atomic mass is 10.1. The van der Waals surface area contributed by atoms with Crippen molar-refractivity contribution in [2.45, 2.75) is 0 Å². The van der Waals surface area contributed by atoms with Crippen LogP contribution in [0.4, 0.5) is 5.69 Å². The number of hydrogen-bond acceptors (Lipinski definition) is 1. The Kier molecular flexibility index (Phi) is 3.28. The van der Waals surface area contributed by atoms with E-state index in [2.05, 4.69) is 11.7 Å². The van der Waals surface area contributed by atoms with Crippen LogP contribution in [-0.4, -0.2) is 6.72 Å². The van der Waals surface area contributed by atoms with E-state index in [-0.39, 0.29) is 0 Å². The van der Waals surface area contributed by atoms with Gasteiger partial charge in [0, 0.05) is 16.1 Å². The summed E-state index contributed by atoms with van der Waals surface area (Å²) in [5.41, 5.74) is 2.57. The lowest BCUT2D eigenvalue weighted by molar-refractivity contribution is 1.54. The minimum Gasteiger partial charge on any atom is -0.265 e. The van der Waals surface area contributed by atoms with E-state index in [0.29, 0.717) is 10.0 Å². The Labute approximate surface area is 104 Å². The largest absolute Gasteiger partial charge is 0.265 e. The minimum atomic E-state index is 0.623. The average Bonchev–Trinajstić information content (AvgIpc) is 2.30. The molecule has 2 rings (SSSR count). The monoisotopic (exact) mass is 249 g/mol. The molecule has 16 heavy (non-hydrogen) atoms. The Balaban J connectivity index is 2.57. The Morgan fingerprint density at radius 2 is 1.56 bits per heavy atom. The fraction of sp³-hybridized carbons (Fsp3) is 0. The first-order valence-corrected chi connectivity index (χ1v) is 5.49. The first kappa shape index (κ1) is 11.2. The highest BCUT2D eigenvalue weighted by Gasteiger charge is 2.07. The SMILES string of the molecule is C=Nc1ccc(-c2ccccc2Cl)c(Cl)c1. The van der Waals surface area contributed by atoms with Crippen molar-refractivity contribution < 1.29 is 0 Å². The summed E-state index contributed by atoms with van der Waals surface area (Å²) in [6.45, 7) is 3.46. The molecule has 0 saturated carbocycles. The van der Waals surface area contributed by atoms with E-state index >= 15 is 0 Å². The summed E-state index contributed by atoms with van der Waals surface area (Å²) in [5, 5.41) is 1.31. The van der Waals surface area contributed by atoms with Gasteiger partial charge in [0.25, 0.3) is 0 Å². The molecular formula is C13H9Cl2N. The van der Waals surface area contributed by atoms with Crippen LogP contribution in [-0.2, 0) is 0 Å². The summed E-state index contributed by atoms with van der Waals surface area (Å²) in [6.07, 6.45) is 0. The second-order valence-electron chi connectivity index (χ2n) is 3.30. The molecule has 0 aliphatic carbocycles. The van der Waals surface area contributed by atoms with Gasteiger partial charge in [0.2, 0.25) is 0 Å². The first-order valence-electron chi connectivity index (χ1n) is 4.73. The van der Waals surface area contributed by atoms with Gasteiger partial charge < -0.3 is 0 Å². The number of nitrogens with zero attached hydrogens (tertiary/aromatic N) is 1. The summed E-state index contributed by atoms with van der Waals surface area (Å²) in [6, 6.07) is 13.1. The molecule has 0 radical (unpaired) electrons. The predicted octanol–water partition coefficient (Wildman–Crippen LogP) is 4.99. The summed E-state index contributed by atoms with van der Waals surface area (Å²) in [5.74, 6) is 0. The fourth-order valence-electron chi connectivity index (χ4n) is 1.50. The number of rotatable bonds is 2. The molecule has 0 amide bonds. The fourth-order valence-corrected chi connectivity index (χ4v) is 2.01. The molecule has 0 fully saturated rings. The molecule has 2 aromatic carbocycles. The van der Waals surface area contributed by atoms with Crippen molar-refractivity contribution in [3.8, 4) is 11.1 Å². The van der Waals surface area contributed by atoms with Crippen molar-refractivity contribution in [2.75, 3.05) is 0 Å². The van der Waals surface area contributed by atoms with Crippen LogP contribution in [0.5, 0.6) is 0 Å². The lowest BCUT2D eigenvalue weighted by Gasteiger charge is -2.07. The van der Waals surface area contributed by atoms with Crippen molar-refractivity contribution in [3.05, 3.63) is 52.5 Å². The van der Waals surface area contributed by atoms with Crippen LogP contribution < -0.4 is 0 Å². The van der Waals surface area contributed by atoms with Crippen LogP contribution in [0.2, 0.25) is 10.0 Å². The highest BCUT2D eigenvalue weighted by Crippen LogP contribution is 2.34. The van der Waals surface area contributed by atoms with Crippen LogP contribution in [0, 0.1) is 0 Å². The molecule has 2 aromatic rings. The Bertz CT molecular complexity index is 535. The topological polar surface area (TPSA) is 12.4 Å². The summed E-state index contributed by atoms with van der Waals surface area (Å²) in [4.78, 5) is 3.82. The Morgan fingerprint density at radius 1 is 0.875 bits per heavy atom. The van der Waals surface area contributed by atoms with Crippen molar-refractivity contribution in [1.82, 2.24) is 0 Å². The molecule has 1 nitrogen and oxygen atoms in total. The quantitative estimate of drug-likeness (QED) is 0.665. The number of hydrogen-bond donors (Lipinski definition) is 0. The minimum absolute atomic E-state index is 0.623. The van der Waals surface area contributed by atoms with Crippen LogP contribution in [0.3, 0.4) is 0 Å². The molecule has 0 bridgehead atoms. The highest BCUT2D eigenvalue weighted by molar-refractivity contribution is 6.36. The third-order valence-electron chi connectivity index (χ3n) is 2.30.